The molecule has 3 unspecified atom stereocenters. The number of para-hydroxylation sites is 1. The number of hydrogen-bond acceptors (Lipinski definition) is 6. The summed E-state index contributed by atoms with van der Waals surface area (Å²) in [5, 5.41) is 3.42. The zero-order valence-electron chi connectivity index (χ0n) is 22.5. The van der Waals surface area contributed by atoms with Crippen molar-refractivity contribution in [2.45, 2.75) is 31.5 Å². The molecule has 1 amide bonds. The number of hydrogen-bond donors (Lipinski definition) is 1. The predicted octanol–water partition coefficient (Wildman–Crippen LogP) is 4.39. The lowest BCUT2D eigenvalue weighted by Crippen LogP contribution is -2.40. The molecule has 204 valence electrons. The fourth-order valence-electron chi connectivity index (χ4n) is 4.85. The second-order valence-corrected chi connectivity index (χ2v) is 9.79. The lowest BCUT2D eigenvalue weighted by molar-refractivity contribution is -0.127. The molecule has 1 heterocycles. The Morgan fingerprint density at radius 1 is 1.03 bits per heavy atom. The minimum absolute atomic E-state index is 0.0323. The molecule has 4 rings (SSSR count). The Hall–Kier alpha value is -2.97. The van der Waals surface area contributed by atoms with Gasteiger partial charge in [-0.25, -0.2) is 0 Å². The molecule has 38 heavy (non-hydrogen) atoms. The highest BCUT2D eigenvalue weighted by molar-refractivity contribution is 5.96. The zero-order valence-corrected chi connectivity index (χ0v) is 22.5. The van der Waals surface area contributed by atoms with E-state index in [0.29, 0.717) is 31.2 Å². The van der Waals surface area contributed by atoms with Crippen molar-refractivity contribution in [1.82, 2.24) is 10.2 Å². The molecule has 0 aromatic heterocycles. The summed E-state index contributed by atoms with van der Waals surface area (Å²) in [5.41, 5.74) is 1.79. The second kappa shape index (κ2) is 14.8. The molecule has 7 nitrogen and oxygen atoms in total. The van der Waals surface area contributed by atoms with Gasteiger partial charge in [0.25, 0.3) is 5.91 Å². The SMILES string of the molecule is COCCCOC1C=C(C(=O)N(CCc2cccc(Oc3ccccc3)c2)CC2CCNC2)C=CC1OC. The third-order valence-electron chi connectivity index (χ3n) is 6.93. The molecule has 0 saturated carbocycles. The molecule has 2 aliphatic rings. The van der Waals surface area contributed by atoms with Gasteiger partial charge in [-0.3, -0.25) is 4.79 Å². The number of nitrogens with one attached hydrogen (secondary N) is 1. The maximum atomic E-state index is 13.8. The number of amides is 1. The van der Waals surface area contributed by atoms with Crippen molar-refractivity contribution < 1.29 is 23.7 Å². The maximum absolute atomic E-state index is 13.8. The van der Waals surface area contributed by atoms with Crippen LogP contribution in [0.4, 0.5) is 0 Å². The molecule has 2 aromatic carbocycles. The van der Waals surface area contributed by atoms with E-state index in [4.69, 9.17) is 18.9 Å². The van der Waals surface area contributed by atoms with Gasteiger partial charge in [0, 0.05) is 46.1 Å². The standard InChI is InChI=1S/C31H40N2O5/c1-35-18-7-19-37-30-21-26(12-13-29(30)36-2)31(34)33(23-25-14-16-32-22-25)17-15-24-8-6-11-28(20-24)38-27-9-4-3-5-10-27/h3-6,8-13,20-21,25,29-30,32H,7,14-19,22-23H2,1-2H3. The van der Waals surface area contributed by atoms with Gasteiger partial charge in [-0.15, -0.1) is 0 Å². The van der Waals surface area contributed by atoms with E-state index >= 15 is 0 Å². The summed E-state index contributed by atoms with van der Waals surface area (Å²) in [6, 6.07) is 17.9. The molecule has 1 aliphatic carbocycles. The Bertz CT molecular complexity index is 1060. The van der Waals surface area contributed by atoms with Crippen LogP contribution in [0.3, 0.4) is 0 Å². The first kappa shape index (κ1) is 28.0. The molecule has 1 saturated heterocycles. The lowest BCUT2D eigenvalue weighted by atomic mass is 9.99. The Morgan fingerprint density at radius 3 is 2.63 bits per heavy atom. The summed E-state index contributed by atoms with van der Waals surface area (Å²) in [5.74, 6) is 2.08. The van der Waals surface area contributed by atoms with Gasteiger partial charge < -0.3 is 29.2 Å². The first-order valence-electron chi connectivity index (χ1n) is 13.5. The van der Waals surface area contributed by atoms with E-state index < -0.39 is 0 Å². The monoisotopic (exact) mass is 520 g/mol. The zero-order chi connectivity index (χ0) is 26.6. The van der Waals surface area contributed by atoms with Gasteiger partial charge in [0.1, 0.15) is 23.7 Å². The smallest absolute Gasteiger partial charge is 0.253 e. The van der Waals surface area contributed by atoms with Crippen LogP contribution in [0.15, 0.2) is 78.4 Å². The summed E-state index contributed by atoms with van der Waals surface area (Å²) in [6.45, 7) is 4.48. The van der Waals surface area contributed by atoms with Crippen molar-refractivity contribution in [2.24, 2.45) is 5.92 Å². The number of benzene rings is 2. The van der Waals surface area contributed by atoms with E-state index in [1.165, 1.54) is 0 Å². The average Bonchev–Trinajstić information content (AvgIpc) is 3.47. The molecular formula is C31H40N2O5. The second-order valence-electron chi connectivity index (χ2n) is 9.79. The normalized spacial score (nSPS) is 20.8. The highest BCUT2D eigenvalue weighted by atomic mass is 16.5. The molecule has 7 heteroatoms. The maximum Gasteiger partial charge on any atom is 0.253 e. The number of carbonyl (C=O) groups is 1. The number of carbonyl (C=O) groups excluding carboxylic acids is 1. The Labute approximate surface area is 226 Å². The third kappa shape index (κ3) is 8.27. The minimum Gasteiger partial charge on any atom is -0.457 e. The first-order valence-corrected chi connectivity index (χ1v) is 13.5. The summed E-state index contributed by atoms with van der Waals surface area (Å²) in [7, 11) is 3.34. The van der Waals surface area contributed by atoms with Gasteiger partial charge in [0.2, 0.25) is 0 Å². The third-order valence-corrected chi connectivity index (χ3v) is 6.93. The molecule has 3 atom stereocenters. The molecule has 1 N–H and O–H groups in total. The fourth-order valence-corrected chi connectivity index (χ4v) is 4.85. The molecule has 2 aromatic rings. The highest BCUT2D eigenvalue weighted by Gasteiger charge is 2.28. The van der Waals surface area contributed by atoms with Crippen LogP contribution in [0.5, 0.6) is 11.5 Å². The Morgan fingerprint density at radius 2 is 1.87 bits per heavy atom. The van der Waals surface area contributed by atoms with Gasteiger partial charge in [-0.2, -0.15) is 0 Å². The molecule has 0 radical (unpaired) electrons. The van der Waals surface area contributed by atoms with Crippen molar-refractivity contribution in [3.8, 4) is 11.5 Å². The van der Waals surface area contributed by atoms with Crippen molar-refractivity contribution in [3.05, 3.63) is 84.0 Å². The molecule has 1 aliphatic heterocycles. The van der Waals surface area contributed by atoms with Crippen molar-refractivity contribution in [3.63, 3.8) is 0 Å². The van der Waals surface area contributed by atoms with Gasteiger partial charge in [0.05, 0.1) is 0 Å². The number of methoxy groups -OCH3 is 2. The van der Waals surface area contributed by atoms with Crippen LogP contribution in [0.1, 0.15) is 18.4 Å². The van der Waals surface area contributed by atoms with E-state index in [1.54, 1.807) is 14.2 Å². The summed E-state index contributed by atoms with van der Waals surface area (Å²) in [6.07, 6.45) is 7.81. The largest absolute Gasteiger partial charge is 0.457 e. The van der Waals surface area contributed by atoms with Crippen LogP contribution in [0, 0.1) is 5.92 Å². The van der Waals surface area contributed by atoms with Crippen molar-refractivity contribution in [1.29, 1.82) is 0 Å². The quantitative estimate of drug-likeness (QED) is 0.373. The van der Waals surface area contributed by atoms with E-state index in [1.807, 2.05) is 65.6 Å². The molecule has 0 spiro atoms. The average molecular weight is 521 g/mol. The molecule has 1 fully saturated rings. The van der Waals surface area contributed by atoms with Gasteiger partial charge in [-0.1, -0.05) is 42.5 Å². The molecular weight excluding hydrogens is 480 g/mol. The van der Waals surface area contributed by atoms with Crippen LogP contribution in [0.25, 0.3) is 0 Å². The van der Waals surface area contributed by atoms with Gasteiger partial charge >= 0.3 is 0 Å². The van der Waals surface area contributed by atoms with Crippen LogP contribution >= 0.6 is 0 Å². The van der Waals surface area contributed by atoms with E-state index in [2.05, 4.69) is 17.4 Å². The fraction of sp³-hybridized carbons (Fsp3) is 0.452. The number of rotatable bonds is 14. The van der Waals surface area contributed by atoms with Crippen LogP contribution in [0.2, 0.25) is 0 Å². The van der Waals surface area contributed by atoms with Crippen LogP contribution in [-0.2, 0) is 25.4 Å². The summed E-state index contributed by atoms with van der Waals surface area (Å²) >= 11 is 0. The van der Waals surface area contributed by atoms with E-state index in [-0.39, 0.29) is 18.1 Å². The van der Waals surface area contributed by atoms with Crippen molar-refractivity contribution >= 4 is 5.91 Å². The van der Waals surface area contributed by atoms with Gasteiger partial charge in [0.15, 0.2) is 0 Å². The summed E-state index contributed by atoms with van der Waals surface area (Å²) < 4.78 is 22.8. The van der Waals surface area contributed by atoms with E-state index in [9.17, 15) is 4.79 Å². The van der Waals surface area contributed by atoms with Gasteiger partial charge in [-0.05, 0) is 74.2 Å². The minimum atomic E-state index is -0.303. The predicted molar refractivity (Wildman–Crippen MR) is 148 cm³/mol. The van der Waals surface area contributed by atoms with Crippen LogP contribution < -0.4 is 10.1 Å². The number of nitrogens with zero attached hydrogens (tertiary/aromatic N) is 1. The van der Waals surface area contributed by atoms with Crippen LogP contribution in [-0.4, -0.2) is 76.6 Å². The first-order chi connectivity index (χ1) is 18.7. The lowest BCUT2D eigenvalue weighted by Gasteiger charge is -2.29. The van der Waals surface area contributed by atoms with E-state index in [0.717, 1.165) is 56.0 Å². The van der Waals surface area contributed by atoms with Crippen molar-refractivity contribution in [2.75, 3.05) is 53.6 Å². The highest BCUT2D eigenvalue weighted by Crippen LogP contribution is 2.24. The number of ether oxygens (including phenoxy) is 4. The summed E-state index contributed by atoms with van der Waals surface area (Å²) in [4.78, 5) is 15.8. The Balaban J connectivity index is 1.43. The Kier molecular flexibility index (Phi) is 10.9. The molecule has 0 bridgehead atoms. The topological polar surface area (TPSA) is 69.3 Å².